The van der Waals surface area contributed by atoms with Crippen molar-refractivity contribution in [2.24, 2.45) is 17.8 Å². The predicted octanol–water partition coefficient (Wildman–Crippen LogP) is 1.86. The molecule has 0 rings (SSSR count). The van der Waals surface area contributed by atoms with Crippen LogP contribution in [0.2, 0.25) is 0 Å². The van der Waals surface area contributed by atoms with E-state index in [2.05, 4.69) is 21.3 Å². The minimum absolute atomic E-state index is 0.0726. The molecule has 0 radical (unpaired) electrons. The molecule has 5 amide bonds. The molecule has 0 unspecified atom stereocenters. The number of aliphatic hydroxyl groups excluding tert-OH is 1. The Morgan fingerprint density at radius 3 is 1.87 bits per heavy atom. The van der Waals surface area contributed by atoms with Crippen molar-refractivity contribution in [3.63, 3.8) is 0 Å². The summed E-state index contributed by atoms with van der Waals surface area (Å²) in [5, 5.41) is 31.7. The van der Waals surface area contributed by atoms with E-state index in [1.807, 2.05) is 5.32 Å². The zero-order chi connectivity index (χ0) is 35.8. The van der Waals surface area contributed by atoms with Crippen molar-refractivity contribution in [2.75, 3.05) is 6.54 Å². The minimum Gasteiger partial charge on any atom is -0.481 e. The molecule has 266 valence electrons. The normalized spacial score (nSPS) is 15.6. The fraction of sp³-hybridized carbons (Fsp3) is 0.806. The third kappa shape index (κ3) is 14.4. The number of nitrogens with one attached hydrogen (secondary N) is 5. The Morgan fingerprint density at radius 1 is 0.783 bits per heavy atom. The maximum atomic E-state index is 15.4. The van der Waals surface area contributed by atoms with E-state index in [9.17, 15) is 33.9 Å². The number of carboxylic acid groups (broad SMARTS) is 1. The van der Waals surface area contributed by atoms with Gasteiger partial charge in [-0.1, -0.05) is 61.3 Å². The minimum atomic E-state index is -4.40. The van der Waals surface area contributed by atoms with Crippen LogP contribution in [0.5, 0.6) is 0 Å². The summed E-state index contributed by atoms with van der Waals surface area (Å²) in [6.45, 7) is 13.6. The Hall–Kier alpha value is -3.36. The topological polar surface area (TPSA) is 203 Å². The summed E-state index contributed by atoms with van der Waals surface area (Å²) in [7, 11) is 0. The van der Waals surface area contributed by atoms with Gasteiger partial charge in [0.05, 0.1) is 6.04 Å². The van der Waals surface area contributed by atoms with E-state index in [4.69, 9.17) is 5.11 Å². The van der Waals surface area contributed by atoms with E-state index in [-0.39, 0.29) is 50.5 Å². The van der Waals surface area contributed by atoms with Crippen molar-refractivity contribution in [2.45, 2.75) is 137 Å². The van der Waals surface area contributed by atoms with Crippen LogP contribution in [0.4, 0.5) is 8.78 Å². The van der Waals surface area contributed by atoms with Crippen LogP contribution >= 0.6 is 0 Å². The Balaban J connectivity index is 5.97. The fourth-order valence-corrected chi connectivity index (χ4v) is 4.67. The second-order valence-corrected chi connectivity index (χ2v) is 12.4. The fourth-order valence-electron chi connectivity index (χ4n) is 4.67. The largest absolute Gasteiger partial charge is 0.481 e. The molecule has 46 heavy (non-hydrogen) atoms. The maximum absolute atomic E-state index is 15.4. The number of alkyl halides is 2. The van der Waals surface area contributed by atoms with E-state index < -0.39 is 77.6 Å². The zero-order valence-corrected chi connectivity index (χ0v) is 28.4. The number of aliphatic carboxylic acids is 1. The van der Waals surface area contributed by atoms with Gasteiger partial charge < -0.3 is 36.8 Å². The van der Waals surface area contributed by atoms with Crippen molar-refractivity contribution < 1.29 is 47.8 Å². The van der Waals surface area contributed by atoms with Gasteiger partial charge in [0.1, 0.15) is 24.2 Å². The van der Waals surface area contributed by atoms with E-state index in [0.717, 1.165) is 0 Å². The molecular formula is C31H55F2N5O8. The molecule has 15 heteroatoms. The molecule has 0 bridgehead atoms. The van der Waals surface area contributed by atoms with Crippen LogP contribution in [0.15, 0.2) is 0 Å². The smallest absolute Gasteiger partial charge is 0.351 e. The van der Waals surface area contributed by atoms with Gasteiger partial charge in [0.25, 0.3) is 5.91 Å². The highest BCUT2D eigenvalue weighted by Gasteiger charge is 2.51. The number of carbonyl (C=O) groups is 6. The van der Waals surface area contributed by atoms with Gasteiger partial charge in [0, 0.05) is 19.4 Å². The van der Waals surface area contributed by atoms with Gasteiger partial charge >= 0.3 is 11.9 Å². The summed E-state index contributed by atoms with van der Waals surface area (Å²) in [4.78, 5) is 74.9. The van der Waals surface area contributed by atoms with Crippen LogP contribution in [0.3, 0.4) is 0 Å². The summed E-state index contributed by atoms with van der Waals surface area (Å²) in [5.41, 5.74) is 0. The number of halogens is 2. The molecule has 0 aromatic carbocycles. The second-order valence-electron chi connectivity index (χ2n) is 12.4. The van der Waals surface area contributed by atoms with Gasteiger partial charge in [0.15, 0.2) is 0 Å². The van der Waals surface area contributed by atoms with E-state index >= 15 is 8.78 Å². The molecule has 0 aliphatic heterocycles. The quantitative estimate of drug-likeness (QED) is 0.0909. The Bertz CT molecular complexity index is 1030. The predicted molar refractivity (Wildman–Crippen MR) is 168 cm³/mol. The molecule has 13 nitrogen and oxygen atoms in total. The van der Waals surface area contributed by atoms with Crippen molar-refractivity contribution >= 4 is 35.5 Å². The molecule has 0 aromatic heterocycles. The molecule has 6 atom stereocenters. The van der Waals surface area contributed by atoms with E-state index in [0.29, 0.717) is 12.8 Å². The summed E-state index contributed by atoms with van der Waals surface area (Å²) in [6.07, 6.45) is -2.10. The number of carbonyl (C=O) groups excluding carboxylic acids is 5. The van der Waals surface area contributed by atoms with Crippen molar-refractivity contribution in [1.29, 1.82) is 0 Å². The average Bonchev–Trinajstić information content (AvgIpc) is 2.96. The SMILES string of the molecule is CCC[C@H](NC(=O)[C@@H](NC(=O)CCCC(=O)O)[C@@H](C)CC)C(=O)N[C@@H](CC(C)C)[C@@H](O)C(F)(F)C(=O)N[C@H](C(=O)NCC)C(C)C. The summed E-state index contributed by atoms with van der Waals surface area (Å²) in [6, 6.07) is -5.17. The number of aliphatic hydroxyl groups is 1. The van der Waals surface area contributed by atoms with Crippen LogP contribution in [-0.2, 0) is 28.8 Å². The van der Waals surface area contributed by atoms with Gasteiger partial charge in [-0.25, -0.2) is 0 Å². The molecule has 0 aliphatic carbocycles. The van der Waals surface area contributed by atoms with Crippen molar-refractivity contribution in [3.05, 3.63) is 0 Å². The van der Waals surface area contributed by atoms with Gasteiger partial charge in [-0.05, 0) is 43.9 Å². The first-order valence-electron chi connectivity index (χ1n) is 16.1. The Kier molecular flexibility index (Phi) is 19.2. The summed E-state index contributed by atoms with van der Waals surface area (Å²) >= 11 is 0. The van der Waals surface area contributed by atoms with Gasteiger partial charge in [-0.3, -0.25) is 28.8 Å². The molecule has 7 N–H and O–H groups in total. The van der Waals surface area contributed by atoms with Crippen LogP contribution in [-0.4, -0.2) is 88.5 Å². The molecule has 0 saturated carbocycles. The van der Waals surface area contributed by atoms with Crippen molar-refractivity contribution in [3.8, 4) is 0 Å². The highest BCUT2D eigenvalue weighted by Crippen LogP contribution is 2.26. The lowest BCUT2D eigenvalue weighted by Gasteiger charge is -2.33. The standard InChI is InChI=1S/C31H55F2N5O8/c1-9-13-20(35-29(45)25(19(8)10-2)37-22(39)14-12-15-23(40)41)27(43)36-21(16-17(4)5)26(42)31(32,33)30(46)38-24(18(6)7)28(44)34-11-3/h17-21,24-26,42H,9-16H2,1-8H3,(H,34,44)(H,35,45)(H,36,43)(H,37,39)(H,38,46)(H,40,41)/t19-,20-,21-,24-,25-,26+/m0/s1. The van der Waals surface area contributed by atoms with E-state index in [1.165, 1.54) is 0 Å². The summed E-state index contributed by atoms with van der Waals surface area (Å²) in [5.74, 6) is -11.3. The van der Waals surface area contributed by atoms with Crippen LogP contribution < -0.4 is 26.6 Å². The lowest BCUT2D eigenvalue weighted by atomic mass is 9.93. The first-order valence-corrected chi connectivity index (χ1v) is 16.1. The van der Waals surface area contributed by atoms with Crippen LogP contribution in [0, 0.1) is 17.8 Å². The highest BCUT2D eigenvalue weighted by molar-refractivity contribution is 5.93. The van der Waals surface area contributed by atoms with Gasteiger partial charge in [-0.15, -0.1) is 0 Å². The zero-order valence-electron chi connectivity index (χ0n) is 28.4. The molecule has 0 aromatic rings. The number of hydrogen-bond donors (Lipinski definition) is 7. The molecule has 0 aliphatic rings. The number of amides is 5. The molecule has 0 heterocycles. The molecule has 0 saturated heterocycles. The number of rotatable bonds is 22. The maximum Gasteiger partial charge on any atom is 0.351 e. The van der Waals surface area contributed by atoms with Gasteiger partial charge in [0.2, 0.25) is 23.6 Å². The number of hydrogen-bond acceptors (Lipinski definition) is 7. The first-order chi connectivity index (χ1) is 21.3. The monoisotopic (exact) mass is 663 g/mol. The number of likely N-dealkylation sites (N-methyl/N-ethyl adjacent to an activating group) is 1. The Morgan fingerprint density at radius 2 is 1.39 bits per heavy atom. The average molecular weight is 664 g/mol. The molecule has 0 spiro atoms. The number of carboxylic acids is 1. The van der Waals surface area contributed by atoms with Crippen LogP contribution in [0.25, 0.3) is 0 Å². The molecular weight excluding hydrogens is 608 g/mol. The lowest BCUT2D eigenvalue weighted by Crippen LogP contribution is -2.62. The lowest BCUT2D eigenvalue weighted by molar-refractivity contribution is -0.170. The third-order valence-corrected chi connectivity index (χ3v) is 7.51. The molecule has 0 fully saturated rings. The third-order valence-electron chi connectivity index (χ3n) is 7.51. The Labute approximate surface area is 270 Å². The van der Waals surface area contributed by atoms with Gasteiger partial charge in [-0.2, -0.15) is 8.78 Å². The van der Waals surface area contributed by atoms with Crippen molar-refractivity contribution in [1.82, 2.24) is 26.6 Å². The van der Waals surface area contributed by atoms with Crippen LogP contribution in [0.1, 0.15) is 100 Å². The first kappa shape index (κ1) is 42.6. The second kappa shape index (κ2) is 20.7. The summed E-state index contributed by atoms with van der Waals surface area (Å²) < 4.78 is 30.8. The van der Waals surface area contributed by atoms with E-state index in [1.54, 1.807) is 55.4 Å². The highest BCUT2D eigenvalue weighted by atomic mass is 19.3.